The van der Waals surface area contributed by atoms with E-state index in [1.807, 2.05) is 0 Å². The Bertz CT molecular complexity index is 693. The van der Waals surface area contributed by atoms with Gasteiger partial charge in [0.1, 0.15) is 23.9 Å². The first-order valence-electron chi connectivity index (χ1n) is 6.66. The van der Waals surface area contributed by atoms with E-state index in [9.17, 15) is 4.57 Å². The molecule has 0 fully saturated rings. The fourth-order valence-corrected chi connectivity index (χ4v) is 2.29. The molecule has 0 radical (unpaired) electrons. The van der Waals surface area contributed by atoms with Crippen LogP contribution in [0.25, 0.3) is 0 Å². The number of hydrogen-bond donors (Lipinski definition) is 3. The number of phosphoric acid groups is 1. The lowest BCUT2D eigenvalue weighted by Crippen LogP contribution is -1.98. The van der Waals surface area contributed by atoms with E-state index in [1.165, 1.54) is 19.2 Å². The predicted octanol–water partition coefficient (Wildman–Crippen LogP) is 2.24. The van der Waals surface area contributed by atoms with Gasteiger partial charge in [0, 0.05) is 11.6 Å². The molecule has 0 spiro atoms. The van der Waals surface area contributed by atoms with Gasteiger partial charge in [0.25, 0.3) is 0 Å². The van der Waals surface area contributed by atoms with Gasteiger partial charge in [0.05, 0.1) is 13.7 Å². The molecule has 0 amide bonds. The van der Waals surface area contributed by atoms with Crippen molar-refractivity contribution in [3.63, 3.8) is 0 Å². The van der Waals surface area contributed by atoms with Gasteiger partial charge >= 0.3 is 7.82 Å². The lowest BCUT2D eigenvalue weighted by Gasteiger charge is -2.11. The third-order valence-corrected chi connectivity index (χ3v) is 3.43. The van der Waals surface area contributed by atoms with Gasteiger partial charge in [-0.05, 0) is 29.8 Å². The molecule has 2 aromatic rings. The molecule has 2 aromatic carbocycles. The summed E-state index contributed by atoms with van der Waals surface area (Å²) in [5.74, 6) is 1.20. The summed E-state index contributed by atoms with van der Waals surface area (Å²) < 4.78 is 26.0. The van der Waals surface area contributed by atoms with Crippen molar-refractivity contribution < 1.29 is 33.5 Å². The third kappa shape index (κ3) is 5.26. The van der Waals surface area contributed by atoms with Gasteiger partial charge in [-0.25, -0.2) is 4.57 Å². The first-order chi connectivity index (χ1) is 10.9. The lowest BCUT2D eigenvalue weighted by atomic mass is 10.2. The number of phosphoric ester groups is 1. The van der Waals surface area contributed by atoms with Crippen LogP contribution >= 0.6 is 7.82 Å². The second-order valence-electron chi connectivity index (χ2n) is 4.65. The minimum absolute atomic E-state index is 0.0797. The molecule has 8 heteroatoms. The van der Waals surface area contributed by atoms with E-state index in [4.69, 9.17) is 24.4 Å². The Morgan fingerprint density at radius 3 is 2.26 bits per heavy atom. The van der Waals surface area contributed by atoms with Crippen LogP contribution in [0.5, 0.6) is 17.2 Å². The van der Waals surface area contributed by atoms with Crippen molar-refractivity contribution in [1.82, 2.24) is 0 Å². The topological polar surface area (TPSA) is 105 Å². The lowest BCUT2D eigenvalue weighted by molar-refractivity contribution is 0.271. The van der Waals surface area contributed by atoms with Crippen LogP contribution in [0, 0.1) is 0 Å². The molecule has 0 aromatic heterocycles. The van der Waals surface area contributed by atoms with Gasteiger partial charge in [-0.15, -0.1) is 0 Å². The van der Waals surface area contributed by atoms with Crippen LogP contribution in [0.4, 0.5) is 0 Å². The zero-order valence-electron chi connectivity index (χ0n) is 12.4. The third-order valence-electron chi connectivity index (χ3n) is 2.98. The number of aliphatic hydroxyl groups is 1. The normalized spacial score (nSPS) is 11.1. The zero-order chi connectivity index (χ0) is 16.9. The molecule has 7 nitrogen and oxygen atoms in total. The number of ether oxygens (including phenoxy) is 2. The summed E-state index contributed by atoms with van der Waals surface area (Å²) in [6.45, 7) is 0.141. The van der Waals surface area contributed by atoms with Crippen LogP contribution in [0.3, 0.4) is 0 Å². The summed E-state index contributed by atoms with van der Waals surface area (Å²) in [5, 5.41) is 9.17. The highest BCUT2D eigenvalue weighted by atomic mass is 31.2. The standard InChI is InChI=1S/C15H17O7P/c1-20-15-8-14(7-4-12(15)9-16)21-10-11-2-5-13(6-3-11)22-23(17,18)19/h2-8,16H,9-10H2,1H3,(H2,17,18,19). The first-order valence-corrected chi connectivity index (χ1v) is 8.19. The summed E-state index contributed by atoms with van der Waals surface area (Å²) in [4.78, 5) is 17.4. The Hall–Kier alpha value is -2.05. The average molecular weight is 340 g/mol. The van der Waals surface area contributed by atoms with Crippen LogP contribution in [0.1, 0.15) is 11.1 Å². The van der Waals surface area contributed by atoms with Crippen molar-refractivity contribution in [2.45, 2.75) is 13.2 Å². The molecule has 0 saturated heterocycles. The molecule has 0 unspecified atom stereocenters. The Morgan fingerprint density at radius 1 is 1.04 bits per heavy atom. The Labute approximate surface area is 133 Å². The number of benzene rings is 2. The molecule has 2 rings (SSSR count). The molecule has 0 heterocycles. The highest BCUT2D eigenvalue weighted by Gasteiger charge is 2.15. The highest BCUT2D eigenvalue weighted by molar-refractivity contribution is 7.46. The van der Waals surface area contributed by atoms with E-state index >= 15 is 0 Å². The molecular weight excluding hydrogens is 323 g/mol. The minimum Gasteiger partial charge on any atom is -0.496 e. The maximum Gasteiger partial charge on any atom is 0.524 e. The SMILES string of the molecule is COc1cc(OCc2ccc(OP(=O)(O)O)cc2)ccc1CO. The molecular formula is C15H17O7P. The highest BCUT2D eigenvalue weighted by Crippen LogP contribution is 2.37. The van der Waals surface area contributed by atoms with Crippen molar-refractivity contribution in [2.75, 3.05) is 7.11 Å². The van der Waals surface area contributed by atoms with Gasteiger partial charge in [0.2, 0.25) is 0 Å². The van der Waals surface area contributed by atoms with Gasteiger partial charge < -0.3 is 19.1 Å². The molecule has 0 atom stereocenters. The van der Waals surface area contributed by atoms with Crippen molar-refractivity contribution in [1.29, 1.82) is 0 Å². The fourth-order valence-electron chi connectivity index (χ4n) is 1.90. The van der Waals surface area contributed by atoms with Crippen molar-refractivity contribution in [3.8, 4) is 17.2 Å². The van der Waals surface area contributed by atoms with E-state index in [1.54, 1.807) is 30.3 Å². The van der Waals surface area contributed by atoms with Crippen LogP contribution in [-0.2, 0) is 17.8 Å². The fraction of sp³-hybridized carbons (Fsp3) is 0.200. The monoisotopic (exact) mass is 340 g/mol. The van der Waals surface area contributed by atoms with Crippen LogP contribution in [0.2, 0.25) is 0 Å². The van der Waals surface area contributed by atoms with Gasteiger partial charge in [-0.2, -0.15) is 0 Å². The van der Waals surface area contributed by atoms with Crippen LogP contribution in [0.15, 0.2) is 42.5 Å². The Kier molecular flexibility index (Phi) is 5.63. The number of methoxy groups -OCH3 is 1. The van der Waals surface area contributed by atoms with Crippen molar-refractivity contribution in [3.05, 3.63) is 53.6 Å². The van der Waals surface area contributed by atoms with E-state index in [0.717, 1.165) is 5.56 Å². The average Bonchev–Trinajstić information content (AvgIpc) is 2.52. The number of aliphatic hydroxyl groups excluding tert-OH is 1. The number of rotatable bonds is 7. The summed E-state index contributed by atoms with van der Waals surface area (Å²) in [6, 6.07) is 11.3. The molecule has 0 aliphatic carbocycles. The first kappa shape index (κ1) is 17.3. The van der Waals surface area contributed by atoms with Crippen molar-refractivity contribution in [2.24, 2.45) is 0 Å². The number of hydrogen-bond acceptors (Lipinski definition) is 5. The molecule has 0 aliphatic rings. The quantitative estimate of drug-likeness (QED) is 0.664. The molecule has 0 bridgehead atoms. The van der Waals surface area contributed by atoms with Crippen molar-refractivity contribution >= 4 is 7.82 Å². The summed E-state index contributed by atoms with van der Waals surface area (Å²) in [6.07, 6.45) is 0. The molecule has 23 heavy (non-hydrogen) atoms. The summed E-state index contributed by atoms with van der Waals surface area (Å²) in [5.41, 5.74) is 1.46. The van der Waals surface area contributed by atoms with E-state index < -0.39 is 7.82 Å². The predicted molar refractivity (Wildman–Crippen MR) is 82.4 cm³/mol. The Balaban J connectivity index is 1.99. The van der Waals surface area contributed by atoms with Crippen LogP contribution in [-0.4, -0.2) is 22.0 Å². The molecule has 124 valence electrons. The largest absolute Gasteiger partial charge is 0.524 e. The molecule has 0 saturated carbocycles. The van der Waals surface area contributed by atoms with Gasteiger partial charge in [-0.3, -0.25) is 9.79 Å². The molecule has 0 aliphatic heterocycles. The summed E-state index contributed by atoms with van der Waals surface area (Å²) in [7, 11) is -3.04. The maximum absolute atomic E-state index is 10.7. The van der Waals surface area contributed by atoms with E-state index in [0.29, 0.717) is 17.1 Å². The smallest absolute Gasteiger partial charge is 0.496 e. The van der Waals surface area contributed by atoms with E-state index in [2.05, 4.69) is 4.52 Å². The zero-order valence-corrected chi connectivity index (χ0v) is 13.3. The minimum atomic E-state index is -4.55. The summed E-state index contributed by atoms with van der Waals surface area (Å²) >= 11 is 0. The maximum atomic E-state index is 10.7. The van der Waals surface area contributed by atoms with Gasteiger partial charge in [-0.1, -0.05) is 12.1 Å². The van der Waals surface area contributed by atoms with Gasteiger partial charge in [0.15, 0.2) is 0 Å². The second-order valence-corrected chi connectivity index (χ2v) is 5.81. The second kappa shape index (κ2) is 7.48. The molecule has 3 N–H and O–H groups in total. The van der Waals surface area contributed by atoms with Crippen LogP contribution < -0.4 is 14.0 Å². The van der Waals surface area contributed by atoms with E-state index in [-0.39, 0.29) is 19.0 Å². The Morgan fingerprint density at radius 2 is 1.70 bits per heavy atom.